The van der Waals surface area contributed by atoms with E-state index in [1.807, 2.05) is 0 Å². The molecule has 0 spiro atoms. The molecule has 0 amide bonds. The van der Waals surface area contributed by atoms with E-state index in [4.69, 9.17) is 5.73 Å². The molecule has 100 valence electrons. The highest BCUT2D eigenvalue weighted by Gasteiger charge is 2.31. The first-order valence-electron chi connectivity index (χ1n) is 7.11. The van der Waals surface area contributed by atoms with Gasteiger partial charge in [-0.15, -0.1) is 0 Å². The molecule has 2 N–H and O–H groups in total. The van der Waals surface area contributed by atoms with E-state index in [1.165, 1.54) is 45.6 Å². The lowest BCUT2D eigenvalue weighted by Gasteiger charge is -2.46. The topological polar surface area (TPSA) is 35.7 Å². The van der Waals surface area contributed by atoms with Gasteiger partial charge in [0.15, 0.2) is 0 Å². The lowest BCUT2D eigenvalue weighted by atomic mass is 9.99. The monoisotopic (exact) mass is 240 g/mol. The van der Waals surface area contributed by atoms with Crippen LogP contribution in [0, 0.1) is 0 Å². The van der Waals surface area contributed by atoms with Crippen molar-refractivity contribution < 1.29 is 0 Å². The van der Waals surface area contributed by atoms with Crippen molar-refractivity contribution in [2.24, 2.45) is 5.73 Å². The summed E-state index contributed by atoms with van der Waals surface area (Å²) >= 11 is 0. The number of piperazine rings is 1. The lowest BCUT2D eigenvalue weighted by molar-refractivity contribution is 0.0274. The second kappa shape index (κ2) is 6.14. The molecular weight excluding hydrogens is 212 g/mol. The zero-order valence-corrected chi connectivity index (χ0v) is 11.4. The quantitative estimate of drug-likeness (QED) is 0.756. The van der Waals surface area contributed by atoms with Gasteiger partial charge in [0.1, 0.15) is 0 Å². The molecule has 0 aromatic rings. The molecule has 0 radical (unpaired) electrons. The summed E-state index contributed by atoms with van der Waals surface area (Å²) in [6.45, 7) is 10.4. The fourth-order valence-corrected chi connectivity index (χ4v) is 3.28. The molecule has 2 heterocycles. The molecule has 0 aromatic heterocycles. The number of likely N-dealkylation sites (tertiary alicyclic amines) is 1. The highest BCUT2D eigenvalue weighted by atomic mass is 15.3. The Morgan fingerprint density at radius 2 is 1.82 bits per heavy atom. The van der Waals surface area contributed by atoms with Crippen molar-refractivity contribution in [2.45, 2.75) is 31.8 Å². The van der Waals surface area contributed by atoms with Crippen LogP contribution in [0.25, 0.3) is 0 Å². The van der Waals surface area contributed by atoms with Crippen LogP contribution in [0.2, 0.25) is 0 Å². The summed E-state index contributed by atoms with van der Waals surface area (Å²) in [5, 5.41) is 0. The van der Waals surface area contributed by atoms with Crippen molar-refractivity contribution in [3.05, 3.63) is 0 Å². The highest BCUT2D eigenvalue weighted by molar-refractivity contribution is 4.88. The molecular formula is C13H28N4. The number of nitrogens with zero attached hydrogens (tertiary/aromatic N) is 3. The smallest absolute Gasteiger partial charge is 0.0349 e. The summed E-state index contributed by atoms with van der Waals surface area (Å²) in [6.07, 6.45) is 2.65. The molecule has 2 fully saturated rings. The third-order valence-electron chi connectivity index (χ3n) is 4.48. The van der Waals surface area contributed by atoms with Gasteiger partial charge in [0.05, 0.1) is 0 Å². The summed E-state index contributed by atoms with van der Waals surface area (Å²) in [5.74, 6) is 0. The predicted octanol–water partition coefficient (Wildman–Crippen LogP) is 0.0454. The van der Waals surface area contributed by atoms with Crippen LogP contribution in [0.4, 0.5) is 0 Å². The number of rotatable bonds is 3. The van der Waals surface area contributed by atoms with Gasteiger partial charge in [-0.3, -0.25) is 4.90 Å². The molecule has 2 rings (SSSR count). The summed E-state index contributed by atoms with van der Waals surface area (Å²) in [4.78, 5) is 7.66. The maximum Gasteiger partial charge on any atom is 0.0349 e. The molecule has 2 aliphatic heterocycles. The lowest BCUT2D eigenvalue weighted by Crippen LogP contribution is -2.59. The molecule has 2 saturated heterocycles. The minimum Gasteiger partial charge on any atom is -0.329 e. The van der Waals surface area contributed by atoms with E-state index in [0.29, 0.717) is 6.04 Å². The summed E-state index contributed by atoms with van der Waals surface area (Å²) < 4.78 is 0. The van der Waals surface area contributed by atoms with E-state index < -0.39 is 0 Å². The maximum atomic E-state index is 5.94. The third-order valence-corrected chi connectivity index (χ3v) is 4.48. The first-order chi connectivity index (χ1) is 8.24. The van der Waals surface area contributed by atoms with Crippen LogP contribution >= 0.6 is 0 Å². The zero-order chi connectivity index (χ0) is 12.3. The van der Waals surface area contributed by atoms with Gasteiger partial charge < -0.3 is 15.5 Å². The standard InChI is InChI=1S/C13H28N4/c1-3-16-6-4-12(5-7-16)17-9-8-15(2)11-13(17)10-14/h12-13H,3-11,14H2,1-2H3. The Morgan fingerprint density at radius 3 is 2.41 bits per heavy atom. The highest BCUT2D eigenvalue weighted by Crippen LogP contribution is 2.20. The van der Waals surface area contributed by atoms with E-state index in [-0.39, 0.29) is 0 Å². The molecule has 4 nitrogen and oxygen atoms in total. The summed E-state index contributed by atoms with van der Waals surface area (Å²) in [5.41, 5.74) is 5.94. The SMILES string of the molecule is CCN1CCC(N2CCN(C)CC2CN)CC1. The Kier molecular flexibility index (Phi) is 4.79. The van der Waals surface area contributed by atoms with E-state index in [1.54, 1.807) is 0 Å². The van der Waals surface area contributed by atoms with Gasteiger partial charge in [-0.1, -0.05) is 6.92 Å². The van der Waals surface area contributed by atoms with Gasteiger partial charge in [0, 0.05) is 38.3 Å². The number of nitrogens with two attached hydrogens (primary N) is 1. The van der Waals surface area contributed by atoms with Gasteiger partial charge in [0.25, 0.3) is 0 Å². The van der Waals surface area contributed by atoms with E-state index >= 15 is 0 Å². The van der Waals surface area contributed by atoms with Crippen molar-refractivity contribution >= 4 is 0 Å². The van der Waals surface area contributed by atoms with Crippen molar-refractivity contribution in [1.82, 2.24) is 14.7 Å². The second-order valence-electron chi connectivity index (χ2n) is 5.56. The van der Waals surface area contributed by atoms with Crippen LogP contribution < -0.4 is 5.73 Å². The van der Waals surface area contributed by atoms with Gasteiger partial charge in [-0.25, -0.2) is 0 Å². The summed E-state index contributed by atoms with van der Waals surface area (Å²) in [6, 6.07) is 1.35. The molecule has 1 unspecified atom stereocenters. The molecule has 0 aromatic carbocycles. The Bertz CT molecular complexity index is 225. The first-order valence-corrected chi connectivity index (χ1v) is 7.11. The molecule has 0 saturated carbocycles. The van der Waals surface area contributed by atoms with Gasteiger partial charge in [-0.2, -0.15) is 0 Å². The number of piperidine rings is 1. The first kappa shape index (κ1) is 13.3. The zero-order valence-electron chi connectivity index (χ0n) is 11.4. The number of hydrogen-bond donors (Lipinski definition) is 1. The van der Waals surface area contributed by atoms with Crippen molar-refractivity contribution in [3.63, 3.8) is 0 Å². The molecule has 1 atom stereocenters. The largest absolute Gasteiger partial charge is 0.329 e. The Labute approximate surface area is 106 Å². The number of likely N-dealkylation sites (N-methyl/N-ethyl adjacent to an activating group) is 1. The van der Waals surface area contributed by atoms with Crippen molar-refractivity contribution in [3.8, 4) is 0 Å². The van der Waals surface area contributed by atoms with Crippen LogP contribution in [0.1, 0.15) is 19.8 Å². The predicted molar refractivity (Wildman–Crippen MR) is 72.2 cm³/mol. The van der Waals surface area contributed by atoms with Crippen LogP contribution in [0.3, 0.4) is 0 Å². The molecule has 0 aliphatic carbocycles. The van der Waals surface area contributed by atoms with Crippen LogP contribution in [0.15, 0.2) is 0 Å². The molecule has 4 heteroatoms. The minimum atomic E-state index is 0.576. The Morgan fingerprint density at radius 1 is 1.12 bits per heavy atom. The molecule has 0 bridgehead atoms. The second-order valence-corrected chi connectivity index (χ2v) is 5.56. The fraction of sp³-hybridized carbons (Fsp3) is 1.00. The summed E-state index contributed by atoms with van der Waals surface area (Å²) in [7, 11) is 2.21. The average Bonchev–Trinajstić information content (AvgIpc) is 2.39. The van der Waals surface area contributed by atoms with Gasteiger partial charge in [0.2, 0.25) is 0 Å². The number of hydrogen-bond acceptors (Lipinski definition) is 4. The van der Waals surface area contributed by atoms with Crippen LogP contribution in [-0.2, 0) is 0 Å². The van der Waals surface area contributed by atoms with Gasteiger partial charge >= 0.3 is 0 Å². The maximum absolute atomic E-state index is 5.94. The fourth-order valence-electron chi connectivity index (χ4n) is 3.28. The van der Waals surface area contributed by atoms with Gasteiger partial charge in [-0.05, 0) is 39.5 Å². The van der Waals surface area contributed by atoms with Crippen molar-refractivity contribution in [2.75, 3.05) is 52.9 Å². The molecule has 17 heavy (non-hydrogen) atoms. The van der Waals surface area contributed by atoms with Crippen molar-refractivity contribution in [1.29, 1.82) is 0 Å². The normalized spacial score (nSPS) is 30.9. The third kappa shape index (κ3) is 3.19. The van der Waals surface area contributed by atoms with E-state index in [9.17, 15) is 0 Å². The Hall–Kier alpha value is -0.160. The van der Waals surface area contributed by atoms with E-state index in [0.717, 1.165) is 19.1 Å². The van der Waals surface area contributed by atoms with E-state index in [2.05, 4.69) is 28.7 Å². The Balaban J connectivity index is 1.88. The van der Waals surface area contributed by atoms with Crippen LogP contribution in [-0.4, -0.2) is 79.6 Å². The minimum absolute atomic E-state index is 0.576. The average molecular weight is 240 g/mol. The molecule has 2 aliphatic rings. The van der Waals surface area contributed by atoms with Crippen LogP contribution in [0.5, 0.6) is 0 Å².